The van der Waals surface area contributed by atoms with Crippen LogP contribution in [0.15, 0.2) is 24.5 Å². The van der Waals surface area contributed by atoms with Crippen LogP contribution in [0.4, 0.5) is 0 Å². The summed E-state index contributed by atoms with van der Waals surface area (Å²) in [4.78, 5) is 19.0. The molecule has 1 amide bonds. The Morgan fingerprint density at radius 2 is 2.40 bits per heavy atom. The summed E-state index contributed by atoms with van der Waals surface area (Å²) in [5, 5.41) is 0.159. The van der Waals surface area contributed by atoms with Crippen LogP contribution in [0.1, 0.15) is 50.5 Å². The molecule has 110 valence electrons. The highest BCUT2D eigenvalue weighted by molar-refractivity contribution is 7.99. The van der Waals surface area contributed by atoms with Crippen LogP contribution >= 0.6 is 11.8 Å². The lowest BCUT2D eigenvalue weighted by Gasteiger charge is -2.28. The smallest absolute Gasteiger partial charge is 0.226 e. The number of nitrogens with zero attached hydrogens (tertiary/aromatic N) is 2. The van der Waals surface area contributed by atoms with Gasteiger partial charge in [0, 0.05) is 36.2 Å². The third-order valence-corrected chi connectivity index (χ3v) is 5.15. The highest BCUT2D eigenvalue weighted by Crippen LogP contribution is 2.38. The molecule has 20 heavy (non-hydrogen) atoms. The molecule has 3 nitrogen and oxygen atoms in total. The number of amides is 1. The van der Waals surface area contributed by atoms with Gasteiger partial charge in [-0.05, 0) is 18.9 Å². The van der Waals surface area contributed by atoms with Crippen LogP contribution in [0.2, 0.25) is 0 Å². The molecule has 0 N–H and O–H groups in total. The third-order valence-electron chi connectivity index (χ3n) is 3.89. The number of carbonyl (C=O) groups is 1. The van der Waals surface area contributed by atoms with E-state index in [4.69, 9.17) is 0 Å². The lowest BCUT2D eigenvalue weighted by Crippen LogP contribution is -2.35. The summed E-state index contributed by atoms with van der Waals surface area (Å²) in [7, 11) is 0. The topological polar surface area (TPSA) is 33.2 Å². The molecule has 1 fully saturated rings. The predicted molar refractivity (Wildman–Crippen MR) is 84.5 cm³/mol. The number of unbranched alkanes of at least 4 members (excludes halogenated alkanes) is 1. The molecule has 0 radical (unpaired) electrons. The van der Waals surface area contributed by atoms with Crippen molar-refractivity contribution in [3.05, 3.63) is 30.1 Å². The molecule has 1 aliphatic rings. The molecule has 0 unspecified atom stereocenters. The molecule has 2 rings (SSSR count). The van der Waals surface area contributed by atoms with Crippen molar-refractivity contribution < 1.29 is 4.79 Å². The zero-order valence-electron chi connectivity index (χ0n) is 12.4. The largest absolute Gasteiger partial charge is 0.325 e. The zero-order valence-corrected chi connectivity index (χ0v) is 13.2. The maximum atomic E-state index is 12.8. The van der Waals surface area contributed by atoms with Crippen molar-refractivity contribution in [2.75, 3.05) is 12.3 Å². The first-order valence-corrected chi connectivity index (χ1v) is 8.64. The minimum absolute atomic E-state index is 0.159. The molecule has 2 heterocycles. The molecule has 4 heteroatoms. The van der Waals surface area contributed by atoms with Gasteiger partial charge in [0.1, 0.15) is 5.37 Å². The lowest BCUT2D eigenvalue weighted by molar-refractivity contribution is -0.136. The summed E-state index contributed by atoms with van der Waals surface area (Å²) in [5.74, 6) is 1.54. The number of rotatable bonds is 6. The Morgan fingerprint density at radius 1 is 1.55 bits per heavy atom. The number of hydrogen-bond acceptors (Lipinski definition) is 3. The Balaban J connectivity index is 2.08. The molecule has 0 aliphatic carbocycles. The monoisotopic (exact) mass is 292 g/mol. The highest BCUT2D eigenvalue weighted by Gasteiger charge is 2.33. The van der Waals surface area contributed by atoms with Crippen molar-refractivity contribution in [3.63, 3.8) is 0 Å². The molecule has 2 atom stereocenters. The quantitative estimate of drug-likeness (QED) is 0.798. The van der Waals surface area contributed by atoms with Crippen molar-refractivity contribution in [3.8, 4) is 0 Å². The van der Waals surface area contributed by atoms with Gasteiger partial charge in [0.15, 0.2) is 0 Å². The molecule has 0 saturated carbocycles. The first kappa shape index (κ1) is 15.4. The van der Waals surface area contributed by atoms with Crippen molar-refractivity contribution in [2.45, 2.75) is 44.9 Å². The van der Waals surface area contributed by atoms with E-state index in [0.717, 1.165) is 43.5 Å². The van der Waals surface area contributed by atoms with Gasteiger partial charge in [-0.3, -0.25) is 9.78 Å². The molecule has 1 aromatic heterocycles. The van der Waals surface area contributed by atoms with Crippen molar-refractivity contribution in [2.24, 2.45) is 5.92 Å². The summed E-state index contributed by atoms with van der Waals surface area (Å²) in [6, 6.07) is 4.02. The molecular formula is C16H24N2OS. The predicted octanol–water partition coefficient (Wildman–Crippen LogP) is 3.87. The van der Waals surface area contributed by atoms with Crippen molar-refractivity contribution in [1.82, 2.24) is 9.88 Å². The van der Waals surface area contributed by atoms with Gasteiger partial charge < -0.3 is 4.90 Å². The Hall–Kier alpha value is -1.03. The Bertz CT molecular complexity index is 424. The van der Waals surface area contributed by atoms with E-state index in [2.05, 4.69) is 29.8 Å². The second-order valence-corrected chi connectivity index (χ2v) is 6.48. The van der Waals surface area contributed by atoms with Gasteiger partial charge in [0.05, 0.1) is 0 Å². The molecule has 1 aliphatic heterocycles. The van der Waals surface area contributed by atoms with Crippen molar-refractivity contribution >= 4 is 17.7 Å². The van der Waals surface area contributed by atoms with Crippen LogP contribution in [0.3, 0.4) is 0 Å². The number of thioether (sulfide) groups is 1. The normalized spacial score (nSPS) is 20.1. The van der Waals surface area contributed by atoms with E-state index in [0.29, 0.717) is 5.91 Å². The minimum atomic E-state index is 0.159. The van der Waals surface area contributed by atoms with E-state index in [-0.39, 0.29) is 11.3 Å². The molecule has 0 spiro atoms. The zero-order chi connectivity index (χ0) is 14.4. The van der Waals surface area contributed by atoms with E-state index in [9.17, 15) is 4.79 Å². The summed E-state index contributed by atoms with van der Waals surface area (Å²) >= 11 is 1.85. The summed E-state index contributed by atoms with van der Waals surface area (Å²) in [5.41, 5.74) is 1.15. The number of aromatic nitrogens is 1. The maximum Gasteiger partial charge on any atom is 0.226 e. The Morgan fingerprint density at radius 3 is 3.05 bits per heavy atom. The summed E-state index contributed by atoms with van der Waals surface area (Å²) in [6.07, 6.45) is 7.93. The van der Waals surface area contributed by atoms with Gasteiger partial charge in [-0.25, -0.2) is 0 Å². The number of hydrogen-bond donors (Lipinski definition) is 0. The summed E-state index contributed by atoms with van der Waals surface area (Å²) < 4.78 is 0. The van der Waals surface area contributed by atoms with Gasteiger partial charge in [0.2, 0.25) is 5.91 Å². The van der Waals surface area contributed by atoms with E-state index in [1.165, 1.54) is 0 Å². The van der Waals surface area contributed by atoms with Gasteiger partial charge in [-0.1, -0.05) is 32.8 Å². The Labute approximate surface area is 126 Å². The standard InChI is InChI=1S/C16H24N2OS/c1-3-5-7-13(4-2)15(19)18-10-11-20-16(18)14-8-6-9-17-12-14/h6,8-9,12-13,16H,3-5,7,10-11H2,1-2H3/t13-,16-/m0/s1. The first-order valence-electron chi connectivity index (χ1n) is 7.60. The average molecular weight is 292 g/mol. The third kappa shape index (κ3) is 3.54. The molecular weight excluding hydrogens is 268 g/mol. The van der Waals surface area contributed by atoms with Gasteiger partial charge in [0.25, 0.3) is 0 Å². The van der Waals surface area contributed by atoms with Gasteiger partial charge >= 0.3 is 0 Å². The van der Waals surface area contributed by atoms with Crippen LogP contribution in [-0.2, 0) is 4.79 Å². The second-order valence-electron chi connectivity index (χ2n) is 5.29. The van der Waals surface area contributed by atoms with Crippen LogP contribution < -0.4 is 0 Å². The van der Waals surface area contributed by atoms with E-state index >= 15 is 0 Å². The van der Waals surface area contributed by atoms with Gasteiger partial charge in [-0.2, -0.15) is 0 Å². The molecule has 0 bridgehead atoms. The molecule has 1 aromatic rings. The van der Waals surface area contributed by atoms with Crippen LogP contribution in [0.25, 0.3) is 0 Å². The van der Waals surface area contributed by atoms with Gasteiger partial charge in [-0.15, -0.1) is 11.8 Å². The molecule has 0 aromatic carbocycles. The van der Waals surface area contributed by atoms with E-state index in [1.54, 1.807) is 6.20 Å². The van der Waals surface area contributed by atoms with Crippen molar-refractivity contribution in [1.29, 1.82) is 0 Å². The fraction of sp³-hybridized carbons (Fsp3) is 0.625. The fourth-order valence-electron chi connectivity index (χ4n) is 2.68. The average Bonchev–Trinajstić information content (AvgIpc) is 2.98. The molecule has 1 saturated heterocycles. The van der Waals surface area contributed by atoms with Crippen LogP contribution in [0, 0.1) is 5.92 Å². The summed E-state index contributed by atoms with van der Waals surface area (Å²) in [6.45, 7) is 5.17. The number of carbonyl (C=O) groups excluding carboxylic acids is 1. The van der Waals surface area contributed by atoms with Crippen LogP contribution in [0.5, 0.6) is 0 Å². The lowest BCUT2D eigenvalue weighted by atomic mass is 9.97. The Kier molecular flexibility index (Phi) is 5.89. The van der Waals surface area contributed by atoms with Crippen LogP contribution in [-0.4, -0.2) is 28.1 Å². The maximum absolute atomic E-state index is 12.8. The van der Waals surface area contributed by atoms with E-state index < -0.39 is 0 Å². The highest BCUT2D eigenvalue weighted by atomic mass is 32.2. The minimum Gasteiger partial charge on any atom is -0.325 e. The fourth-order valence-corrected chi connectivity index (χ4v) is 3.93. The SMILES string of the molecule is CCCC[C@H](CC)C(=O)N1CCS[C@H]1c1cccnc1. The number of pyridine rings is 1. The van der Waals surface area contributed by atoms with E-state index in [1.807, 2.05) is 24.0 Å². The second kappa shape index (κ2) is 7.67. The first-order chi connectivity index (χ1) is 9.77.